The van der Waals surface area contributed by atoms with Crippen LogP contribution in [0.3, 0.4) is 0 Å². The molecule has 1 aliphatic carbocycles. The molecule has 2 aromatic heterocycles. The third-order valence-corrected chi connectivity index (χ3v) is 6.07. The molecule has 2 aliphatic rings. The Morgan fingerprint density at radius 3 is 2.55 bits per heavy atom. The van der Waals surface area contributed by atoms with Crippen LogP contribution in [0.1, 0.15) is 55.3 Å². The molecule has 8 nitrogen and oxygen atoms in total. The Morgan fingerprint density at radius 1 is 1.10 bits per heavy atom. The summed E-state index contributed by atoms with van der Waals surface area (Å²) >= 11 is 0. The summed E-state index contributed by atoms with van der Waals surface area (Å²) in [5.41, 5.74) is 12.3. The zero-order valence-electron chi connectivity index (χ0n) is 17.6. The number of carbonyl (C=O) groups is 1. The summed E-state index contributed by atoms with van der Waals surface area (Å²) in [7, 11) is 0. The number of nitrogens with zero attached hydrogens (tertiary/aromatic N) is 3. The molecule has 4 rings (SSSR count). The molecule has 2 aromatic rings. The van der Waals surface area contributed by atoms with Gasteiger partial charge in [-0.15, -0.1) is 0 Å². The molecule has 2 unspecified atom stereocenters. The van der Waals surface area contributed by atoms with E-state index in [0.29, 0.717) is 5.69 Å². The maximum absolute atomic E-state index is 14.7. The number of primary amides is 1. The number of nitrogens with two attached hydrogens (primary N) is 2. The molecule has 1 saturated carbocycles. The Morgan fingerprint density at radius 2 is 1.87 bits per heavy atom. The minimum Gasteiger partial charge on any atom is -0.365 e. The summed E-state index contributed by atoms with van der Waals surface area (Å²) in [5.74, 6) is -0.217. The highest BCUT2D eigenvalue weighted by atomic mass is 19.1. The van der Waals surface area contributed by atoms with Gasteiger partial charge in [0, 0.05) is 25.2 Å². The third kappa shape index (κ3) is 5.04. The first kappa shape index (κ1) is 21.3. The highest BCUT2D eigenvalue weighted by molar-refractivity contribution is 5.98. The third-order valence-electron chi connectivity index (χ3n) is 6.07. The molecule has 1 amide bonds. The number of pyridine rings is 2. The van der Waals surface area contributed by atoms with Crippen molar-refractivity contribution in [2.45, 2.75) is 57.0 Å². The van der Waals surface area contributed by atoms with Gasteiger partial charge in [-0.25, -0.2) is 14.4 Å². The highest BCUT2D eigenvalue weighted by Gasteiger charge is 2.24. The SMILES string of the molecule is NC(=O)c1cc(F)c(NC2CCCCC2N)nc1Nc1ccc(N2CCCCC2)nc1. The predicted molar refractivity (Wildman–Crippen MR) is 120 cm³/mol. The zero-order chi connectivity index (χ0) is 21.8. The van der Waals surface area contributed by atoms with E-state index in [1.54, 1.807) is 6.20 Å². The van der Waals surface area contributed by atoms with Gasteiger partial charge in [-0.2, -0.15) is 0 Å². The van der Waals surface area contributed by atoms with Crippen LogP contribution in [0.25, 0.3) is 0 Å². The normalized spacial score (nSPS) is 21.5. The number of hydrogen-bond acceptors (Lipinski definition) is 7. The van der Waals surface area contributed by atoms with Crippen LogP contribution in [-0.4, -0.2) is 41.0 Å². The van der Waals surface area contributed by atoms with E-state index in [-0.39, 0.29) is 29.3 Å². The van der Waals surface area contributed by atoms with Gasteiger partial charge < -0.3 is 27.0 Å². The Hall–Kier alpha value is -2.94. The van der Waals surface area contributed by atoms with Gasteiger partial charge in [0.1, 0.15) is 11.6 Å². The molecule has 3 heterocycles. The van der Waals surface area contributed by atoms with Crippen LogP contribution in [-0.2, 0) is 0 Å². The number of rotatable bonds is 6. The Bertz CT molecular complexity index is 915. The lowest BCUT2D eigenvalue weighted by molar-refractivity contribution is 0.100. The fourth-order valence-electron chi connectivity index (χ4n) is 4.29. The number of piperidine rings is 1. The minimum absolute atomic E-state index is 0.0175. The second-order valence-corrected chi connectivity index (χ2v) is 8.36. The van der Waals surface area contributed by atoms with Crippen molar-refractivity contribution in [2.24, 2.45) is 11.5 Å². The van der Waals surface area contributed by atoms with Crippen molar-refractivity contribution < 1.29 is 9.18 Å². The van der Waals surface area contributed by atoms with Crippen LogP contribution in [0.4, 0.5) is 27.5 Å². The van der Waals surface area contributed by atoms with Crippen molar-refractivity contribution >= 4 is 29.0 Å². The van der Waals surface area contributed by atoms with E-state index in [2.05, 4.69) is 25.5 Å². The van der Waals surface area contributed by atoms with Crippen LogP contribution in [0, 0.1) is 5.82 Å². The van der Waals surface area contributed by atoms with Gasteiger partial charge in [0.2, 0.25) is 0 Å². The molecule has 0 radical (unpaired) electrons. The van der Waals surface area contributed by atoms with Crippen molar-refractivity contribution in [3.63, 3.8) is 0 Å². The van der Waals surface area contributed by atoms with Crippen molar-refractivity contribution in [2.75, 3.05) is 28.6 Å². The Balaban J connectivity index is 1.55. The monoisotopic (exact) mass is 427 g/mol. The number of amides is 1. The second-order valence-electron chi connectivity index (χ2n) is 8.36. The number of aromatic nitrogens is 2. The van der Waals surface area contributed by atoms with Gasteiger partial charge in [0.15, 0.2) is 11.6 Å². The predicted octanol–water partition coefficient (Wildman–Crippen LogP) is 3.13. The maximum Gasteiger partial charge on any atom is 0.252 e. The fourth-order valence-corrected chi connectivity index (χ4v) is 4.29. The molecule has 2 fully saturated rings. The van der Waals surface area contributed by atoms with Crippen LogP contribution < -0.4 is 27.0 Å². The number of nitrogens with one attached hydrogen (secondary N) is 2. The molecule has 0 aromatic carbocycles. The Labute approximate surface area is 181 Å². The van der Waals surface area contributed by atoms with Crippen molar-refractivity contribution in [1.29, 1.82) is 0 Å². The molecule has 9 heteroatoms. The lowest BCUT2D eigenvalue weighted by Crippen LogP contribution is -2.43. The molecule has 2 atom stereocenters. The lowest BCUT2D eigenvalue weighted by Gasteiger charge is -2.30. The first-order valence-electron chi connectivity index (χ1n) is 11.0. The van der Waals surface area contributed by atoms with E-state index in [1.807, 2.05) is 12.1 Å². The van der Waals surface area contributed by atoms with Gasteiger partial charge in [-0.1, -0.05) is 12.8 Å². The summed E-state index contributed by atoms with van der Waals surface area (Å²) in [6.07, 6.45) is 9.13. The first-order chi connectivity index (χ1) is 15.0. The van der Waals surface area contributed by atoms with Crippen LogP contribution >= 0.6 is 0 Å². The van der Waals surface area contributed by atoms with Crippen LogP contribution in [0.5, 0.6) is 0 Å². The van der Waals surface area contributed by atoms with Crippen molar-refractivity contribution in [1.82, 2.24) is 9.97 Å². The van der Waals surface area contributed by atoms with Crippen molar-refractivity contribution in [3.8, 4) is 0 Å². The molecule has 0 spiro atoms. The molecular weight excluding hydrogens is 397 g/mol. The van der Waals surface area contributed by atoms with Crippen LogP contribution in [0.15, 0.2) is 24.4 Å². The van der Waals surface area contributed by atoms with E-state index in [1.165, 1.54) is 19.3 Å². The Kier molecular flexibility index (Phi) is 6.50. The second kappa shape index (κ2) is 9.47. The molecule has 0 bridgehead atoms. The maximum atomic E-state index is 14.7. The van der Waals surface area contributed by atoms with Gasteiger partial charge in [-0.05, 0) is 50.3 Å². The molecule has 31 heavy (non-hydrogen) atoms. The minimum atomic E-state index is -0.757. The van der Waals surface area contributed by atoms with E-state index in [9.17, 15) is 9.18 Å². The molecule has 1 saturated heterocycles. The first-order valence-corrected chi connectivity index (χ1v) is 11.0. The number of hydrogen-bond donors (Lipinski definition) is 4. The van der Waals surface area contributed by atoms with Gasteiger partial charge in [0.25, 0.3) is 5.91 Å². The summed E-state index contributed by atoms with van der Waals surface area (Å²) in [6.45, 7) is 2.01. The average Bonchev–Trinajstić information content (AvgIpc) is 2.78. The highest BCUT2D eigenvalue weighted by Crippen LogP contribution is 2.27. The molecule has 166 valence electrons. The van der Waals surface area contributed by atoms with Gasteiger partial charge in [-0.3, -0.25) is 4.79 Å². The number of carbonyl (C=O) groups excluding carboxylic acids is 1. The van der Waals surface area contributed by atoms with E-state index in [0.717, 1.165) is 50.7 Å². The molecule has 1 aliphatic heterocycles. The zero-order valence-corrected chi connectivity index (χ0v) is 17.6. The summed E-state index contributed by atoms with van der Waals surface area (Å²) in [5, 5.41) is 6.19. The fraction of sp³-hybridized carbons (Fsp3) is 0.500. The lowest BCUT2D eigenvalue weighted by atomic mass is 9.91. The molecular formula is C22H30FN7O. The van der Waals surface area contributed by atoms with E-state index < -0.39 is 11.7 Å². The van der Waals surface area contributed by atoms with Crippen LogP contribution in [0.2, 0.25) is 0 Å². The smallest absolute Gasteiger partial charge is 0.252 e. The number of anilines is 4. The van der Waals surface area contributed by atoms with Gasteiger partial charge >= 0.3 is 0 Å². The summed E-state index contributed by atoms with van der Waals surface area (Å²) in [6, 6.07) is 4.80. The van der Waals surface area contributed by atoms with Gasteiger partial charge in [0.05, 0.1) is 17.4 Å². The molecule has 6 N–H and O–H groups in total. The summed E-state index contributed by atoms with van der Waals surface area (Å²) in [4.78, 5) is 23.0. The topological polar surface area (TPSA) is 122 Å². The van der Waals surface area contributed by atoms with E-state index in [4.69, 9.17) is 11.5 Å². The quantitative estimate of drug-likeness (QED) is 0.559. The average molecular weight is 428 g/mol. The van der Waals surface area contributed by atoms with Crippen molar-refractivity contribution in [3.05, 3.63) is 35.8 Å². The van der Waals surface area contributed by atoms with E-state index >= 15 is 0 Å². The standard InChI is InChI=1S/C22H30FN7O/c23-16-12-15(20(25)31)21(29-22(16)28-18-7-3-2-6-17(18)24)27-14-8-9-19(26-13-14)30-10-4-1-5-11-30/h8-9,12-13,17-18H,1-7,10-11,24H2,(H2,25,31)(H2,27,28,29). The largest absolute Gasteiger partial charge is 0.365 e. The summed E-state index contributed by atoms with van der Waals surface area (Å²) < 4.78 is 14.7. The number of halogens is 1.